The average molecular weight is 473 g/mol. The minimum absolute atomic E-state index is 0.0653. The second kappa shape index (κ2) is 8.74. The number of aromatic nitrogens is 1. The predicted molar refractivity (Wildman–Crippen MR) is 132 cm³/mol. The van der Waals surface area contributed by atoms with Gasteiger partial charge in [0, 0.05) is 22.5 Å². The van der Waals surface area contributed by atoms with E-state index in [1.54, 1.807) is 12.1 Å². The molecule has 0 bridgehead atoms. The largest absolute Gasteiger partial charge is 0.309 e. The van der Waals surface area contributed by atoms with E-state index in [4.69, 9.17) is 0 Å². The van der Waals surface area contributed by atoms with Gasteiger partial charge >= 0.3 is 0 Å². The Kier molecular flexibility index (Phi) is 5.87. The standard InChI is InChI=1S/C24H15BrN2O2.C2H6/c25-21-15-17(11-13-24(21)27(28)29)16-10-12-23-20(14-16)19-8-4-5-9-22(19)26(23)18-6-2-1-3-7-18;1-2/h1-15H;1-2H3. The van der Waals surface area contributed by atoms with E-state index in [1.807, 2.05) is 38.1 Å². The average Bonchev–Trinajstić information content (AvgIpc) is 3.14. The Labute approximate surface area is 189 Å². The summed E-state index contributed by atoms with van der Waals surface area (Å²) in [6.07, 6.45) is 0. The lowest BCUT2D eigenvalue weighted by molar-refractivity contribution is -0.385. The molecule has 0 unspecified atom stereocenters. The lowest BCUT2D eigenvalue weighted by Gasteiger charge is -2.08. The van der Waals surface area contributed by atoms with Crippen molar-refractivity contribution in [3.8, 4) is 16.8 Å². The second-order valence-electron chi connectivity index (χ2n) is 6.84. The van der Waals surface area contributed by atoms with E-state index in [2.05, 4.69) is 69.0 Å². The normalized spacial score (nSPS) is 10.7. The fourth-order valence-corrected chi connectivity index (χ4v) is 4.37. The number of rotatable bonds is 3. The summed E-state index contributed by atoms with van der Waals surface area (Å²) in [7, 11) is 0. The summed E-state index contributed by atoms with van der Waals surface area (Å²) in [5.74, 6) is 0. The van der Waals surface area contributed by atoms with Crippen LogP contribution in [0, 0.1) is 10.1 Å². The van der Waals surface area contributed by atoms with E-state index in [1.165, 1.54) is 11.5 Å². The van der Waals surface area contributed by atoms with Crippen LogP contribution in [0.1, 0.15) is 13.8 Å². The maximum atomic E-state index is 11.1. The van der Waals surface area contributed by atoms with Gasteiger partial charge in [-0.25, -0.2) is 0 Å². The molecular weight excluding hydrogens is 452 g/mol. The Bertz CT molecular complexity index is 1390. The van der Waals surface area contributed by atoms with Gasteiger partial charge in [0.15, 0.2) is 0 Å². The molecule has 0 aliphatic rings. The molecule has 4 nitrogen and oxygen atoms in total. The van der Waals surface area contributed by atoms with E-state index in [-0.39, 0.29) is 10.6 Å². The van der Waals surface area contributed by atoms with Gasteiger partial charge in [-0.2, -0.15) is 0 Å². The second-order valence-corrected chi connectivity index (χ2v) is 7.70. The molecule has 4 aromatic carbocycles. The zero-order chi connectivity index (χ0) is 22.0. The first-order valence-corrected chi connectivity index (χ1v) is 11.0. The van der Waals surface area contributed by atoms with Crippen LogP contribution in [0.15, 0.2) is 95.5 Å². The summed E-state index contributed by atoms with van der Waals surface area (Å²) in [4.78, 5) is 10.7. The molecule has 0 radical (unpaired) electrons. The van der Waals surface area contributed by atoms with Crippen LogP contribution in [0.3, 0.4) is 0 Å². The Balaban J connectivity index is 0.00000112. The molecule has 154 valence electrons. The van der Waals surface area contributed by atoms with Crippen LogP contribution in [0.4, 0.5) is 5.69 Å². The van der Waals surface area contributed by atoms with E-state index >= 15 is 0 Å². The smallest absolute Gasteiger partial charge is 0.283 e. The highest BCUT2D eigenvalue weighted by atomic mass is 79.9. The SMILES string of the molecule is CC.O=[N+]([O-])c1ccc(-c2ccc3c(c2)c2ccccc2n3-c2ccccc2)cc1Br. The fourth-order valence-electron chi connectivity index (χ4n) is 3.84. The Morgan fingerprint density at radius 1 is 0.742 bits per heavy atom. The van der Waals surface area contributed by atoms with Crippen molar-refractivity contribution in [1.82, 2.24) is 4.57 Å². The summed E-state index contributed by atoms with van der Waals surface area (Å²) in [5, 5.41) is 13.4. The molecular formula is C26H21BrN2O2. The summed E-state index contributed by atoms with van der Waals surface area (Å²) in [6.45, 7) is 4.00. The quantitative estimate of drug-likeness (QED) is 0.196. The predicted octanol–water partition coefficient (Wildman–Crippen LogP) is 8.15. The van der Waals surface area contributed by atoms with Gasteiger partial charge in [-0.1, -0.05) is 56.3 Å². The van der Waals surface area contributed by atoms with Gasteiger partial charge in [0.05, 0.1) is 20.4 Å². The molecule has 0 fully saturated rings. The molecule has 0 aliphatic heterocycles. The zero-order valence-corrected chi connectivity index (χ0v) is 18.8. The van der Waals surface area contributed by atoms with Crippen molar-refractivity contribution in [3.63, 3.8) is 0 Å². The number of nitrogens with zero attached hydrogens (tertiary/aromatic N) is 2. The molecule has 0 atom stereocenters. The van der Waals surface area contributed by atoms with Gasteiger partial charge in [-0.05, 0) is 69.5 Å². The molecule has 0 saturated carbocycles. The Morgan fingerprint density at radius 2 is 1.35 bits per heavy atom. The zero-order valence-electron chi connectivity index (χ0n) is 17.2. The van der Waals surface area contributed by atoms with Crippen molar-refractivity contribution in [2.75, 3.05) is 0 Å². The van der Waals surface area contributed by atoms with E-state index in [9.17, 15) is 10.1 Å². The minimum atomic E-state index is -0.384. The maximum Gasteiger partial charge on any atom is 0.283 e. The van der Waals surface area contributed by atoms with Crippen LogP contribution in [0.2, 0.25) is 0 Å². The van der Waals surface area contributed by atoms with Gasteiger partial charge in [0.1, 0.15) is 0 Å². The Morgan fingerprint density at radius 3 is 2.06 bits per heavy atom. The third-order valence-corrected chi connectivity index (χ3v) is 5.80. The van der Waals surface area contributed by atoms with Gasteiger partial charge in [-0.15, -0.1) is 0 Å². The van der Waals surface area contributed by atoms with Crippen LogP contribution in [0.5, 0.6) is 0 Å². The van der Waals surface area contributed by atoms with Crippen molar-refractivity contribution in [2.24, 2.45) is 0 Å². The molecule has 0 saturated heterocycles. The number of para-hydroxylation sites is 2. The first kappa shape index (κ1) is 20.8. The summed E-state index contributed by atoms with van der Waals surface area (Å²) >= 11 is 3.32. The number of hydrogen-bond donors (Lipinski definition) is 0. The number of hydrogen-bond acceptors (Lipinski definition) is 2. The molecule has 0 aliphatic carbocycles. The molecule has 5 rings (SSSR count). The highest BCUT2D eigenvalue weighted by Crippen LogP contribution is 2.36. The number of benzene rings is 4. The summed E-state index contributed by atoms with van der Waals surface area (Å²) < 4.78 is 2.74. The molecule has 5 heteroatoms. The van der Waals surface area contributed by atoms with Gasteiger partial charge in [0.2, 0.25) is 0 Å². The van der Waals surface area contributed by atoms with E-state index in [0.29, 0.717) is 4.47 Å². The highest BCUT2D eigenvalue weighted by molar-refractivity contribution is 9.10. The fraction of sp³-hybridized carbons (Fsp3) is 0.0769. The van der Waals surface area contributed by atoms with Crippen molar-refractivity contribution >= 4 is 43.4 Å². The van der Waals surface area contributed by atoms with Crippen molar-refractivity contribution in [3.05, 3.63) is 106 Å². The van der Waals surface area contributed by atoms with Gasteiger partial charge in [0.25, 0.3) is 5.69 Å². The lowest BCUT2D eigenvalue weighted by Crippen LogP contribution is -1.93. The van der Waals surface area contributed by atoms with Gasteiger partial charge < -0.3 is 4.57 Å². The lowest BCUT2D eigenvalue weighted by atomic mass is 10.0. The third-order valence-electron chi connectivity index (χ3n) is 5.16. The monoisotopic (exact) mass is 472 g/mol. The molecule has 5 aromatic rings. The van der Waals surface area contributed by atoms with Crippen LogP contribution in [-0.2, 0) is 0 Å². The maximum absolute atomic E-state index is 11.1. The minimum Gasteiger partial charge on any atom is -0.309 e. The first-order valence-electron chi connectivity index (χ1n) is 10.2. The number of halogens is 1. The van der Waals surface area contributed by atoms with Crippen molar-refractivity contribution in [1.29, 1.82) is 0 Å². The molecule has 0 spiro atoms. The molecule has 0 amide bonds. The van der Waals surface area contributed by atoms with Crippen LogP contribution < -0.4 is 0 Å². The molecule has 1 aromatic heterocycles. The van der Waals surface area contributed by atoms with Crippen molar-refractivity contribution in [2.45, 2.75) is 13.8 Å². The topological polar surface area (TPSA) is 48.1 Å². The molecule has 0 N–H and O–H groups in total. The van der Waals surface area contributed by atoms with Crippen molar-refractivity contribution < 1.29 is 4.92 Å². The number of nitro benzene ring substituents is 1. The summed E-state index contributed by atoms with van der Waals surface area (Å²) in [6, 6.07) is 30.1. The van der Waals surface area contributed by atoms with E-state index < -0.39 is 0 Å². The molecule has 1 heterocycles. The highest BCUT2D eigenvalue weighted by Gasteiger charge is 2.15. The summed E-state index contributed by atoms with van der Waals surface area (Å²) in [5.41, 5.74) is 5.41. The van der Waals surface area contributed by atoms with Crippen LogP contribution in [0.25, 0.3) is 38.6 Å². The van der Waals surface area contributed by atoms with Gasteiger partial charge in [-0.3, -0.25) is 10.1 Å². The number of nitro groups is 1. The van der Waals surface area contributed by atoms with E-state index in [0.717, 1.165) is 33.2 Å². The Hall–Kier alpha value is -3.44. The molecule has 31 heavy (non-hydrogen) atoms. The number of fused-ring (bicyclic) bond motifs is 3. The van der Waals surface area contributed by atoms with Crippen LogP contribution >= 0.6 is 15.9 Å². The van der Waals surface area contributed by atoms with Crippen LogP contribution in [-0.4, -0.2) is 9.49 Å². The first-order chi connectivity index (χ1) is 15.1. The third kappa shape index (κ3) is 3.73.